The highest BCUT2D eigenvalue weighted by atomic mass is 79.9. The number of halogens is 1. The highest BCUT2D eigenvalue weighted by molar-refractivity contribution is 9.11. The van der Waals surface area contributed by atoms with Gasteiger partial charge in [-0.2, -0.15) is 4.31 Å². The van der Waals surface area contributed by atoms with Crippen LogP contribution in [0.15, 0.2) is 46.3 Å². The van der Waals surface area contributed by atoms with Gasteiger partial charge in [0.05, 0.1) is 4.90 Å². The van der Waals surface area contributed by atoms with E-state index in [1.165, 1.54) is 6.08 Å². The Bertz CT molecular complexity index is 734. The van der Waals surface area contributed by atoms with Crippen LogP contribution in [-0.2, 0) is 14.8 Å². The summed E-state index contributed by atoms with van der Waals surface area (Å²) < 4.78 is 27.7. The highest BCUT2D eigenvalue weighted by Gasteiger charge is 2.24. The Kier molecular flexibility index (Phi) is 7.40. The first-order valence-electron chi connectivity index (χ1n) is 8.29. The van der Waals surface area contributed by atoms with Crippen LogP contribution in [0.25, 0.3) is 6.08 Å². The van der Waals surface area contributed by atoms with Gasteiger partial charge in [-0.1, -0.05) is 47.5 Å². The minimum absolute atomic E-state index is 0.234. The first-order valence-corrected chi connectivity index (χ1v) is 10.5. The van der Waals surface area contributed by atoms with Crippen molar-refractivity contribution in [2.75, 3.05) is 19.6 Å². The molecule has 1 aromatic carbocycles. The average molecular weight is 427 g/mol. The van der Waals surface area contributed by atoms with E-state index in [9.17, 15) is 13.2 Å². The van der Waals surface area contributed by atoms with Crippen molar-refractivity contribution in [1.82, 2.24) is 9.62 Å². The first-order chi connectivity index (χ1) is 11.9. The molecule has 1 fully saturated rings. The standard InChI is InChI=1S/C18H23BrN2O3S/c1-15(19)14-20-18(22)11-8-16-6-9-17(10-7-16)25(23,24)21-12-4-2-3-5-13-21/h6-11H,1-5,12-14H2,(H,20,22)/b11-8-. The molecule has 136 valence electrons. The van der Waals surface area contributed by atoms with E-state index < -0.39 is 10.0 Å². The summed E-state index contributed by atoms with van der Waals surface area (Å²) in [6, 6.07) is 6.60. The van der Waals surface area contributed by atoms with Crippen LogP contribution in [0, 0.1) is 0 Å². The Morgan fingerprint density at radius 3 is 2.32 bits per heavy atom. The SMILES string of the molecule is C=C(Br)CNC(=O)/C=C\c1ccc(S(=O)(=O)N2CCCCCC2)cc1. The fourth-order valence-corrected chi connectivity index (χ4v) is 4.25. The number of hydrogen-bond donors (Lipinski definition) is 1. The molecular weight excluding hydrogens is 404 g/mol. The molecule has 1 amide bonds. The molecule has 1 N–H and O–H groups in total. The number of benzene rings is 1. The molecule has 1 aliphatic heterocycles. The summed E-state index contributed by atoms with van der Waals surface area (Å²) in [6.45, 7) is 5.17. The molecule has 1 saturated heterocycles. The van der Waals surface area contributed by atoms with Crippen molar-refractivity contribution in [3.63, 3.8) is 0 Å². The Morgan fingerprint density at radius 2 is 1.76 bits per heavy atom. The Morgan fingerprint density at radius 1 is 1.16 bits per heavy atom. The van der Waals surface area contributed by atoms with Crippen molar-refractivity contribution >= 4 is 37.9 Å². The number of nitrogens with one attached hydrogen (secondary N) is 1. The molecule has 5 nitrogen and oxygen atoms in total. The Balaban J connectivity index is 2.03. The van der Waals surface area contributed by atoms with Gasteiger partial charge in [-0.15, -0.1) is 0 Å². The van der Waals surface area contributed by atoms with Gasteiger partial charge in [0.2, 0.25) is 15.9 Å². The van der Waals surface area contributed by atoms with Crippen molar-refractivity contribution in [2.24, 2.45) is 0 Å². The number of carbonyl (C=O) groups excluding carboxylic acids is 1. The van der Waals surface area contributed by atoms with Gasteiger partial charge in [-0.3, -0.25) is 4.79 Å². The number of carbonyl (C=O) groups is 1. The lowest BCUT2D eigenvalue weighted by molar-refractivity contribution is -0.116. The second kappa shape index (κ2) is 9.31. The number of amides is 1. The van der Waals surface area contributed by atoms with E-state index in [0.717, 1.165) is 31.2 Å². The van der Waals surface area contributed by atoms with Crippen LogP contribution in [-0.4, -0.2) is 38.3 Å². The van der Waals surface area contributed by atoms with Crippen LogP contribution in [0.5, 0.6) is 0 Å². The zero-order chi connectivity index (χ0) is 18.3. The maximum atomic E-state index is 12.7. The lowest BCUT2D eigenvalue weighted by Gasteiger charge is -2.19. The highest BCUT2D eigenvalue weighted by Crippen LogP contribution is 2.20. The summed E-state index contributed by atoms with van der Waals surface area (Å²) in [4.78, 5) is 11.9. The number of rotatable bonds is 6. The largest absolute Gasteiger partial charge is 0.348 e. The van der Waals surface area contributed by atoms with Crippen LogP contribution in [0.2, 0.25) is 0 Å². The average Bonchev–Trinajstić information content (AvgIpc) is 2.88. The second-order valence-corrected chi connectivity index (χ2v) is 9.02. The van der Waals surface area contributed by atoms with Crippen LogP contribution >= 0.6 is 15.9 Å². The van der Waals surface area contributed by atoms with Gasteiger partial charge in [0.15, 0.2) is 0 Å². The molecule has 2 rings (SSSR count). The van der Waals surface area contributed by atoms with E-state index >= 15 is 0 Å². The van der Waals surface area contributed by atoms with Crippen LogP contribution in [0.3, 0.4) is 0 Å². The van der Waals surface area contributed by atoms with Gasteiger partial charge in [0, 0.05) is 30.2 Å². The van der Waals surface area contributed by atoms with Crippen molar-refractivity contribution in [3.8, 4) is 0 Å². The van der Waals surface area contributed by atoms with Gasteiger partial charge in [-0.25, -0.2) is 8.42 Å². The molecule has 0 atom stereocenters. The number of hydrogen-bond acceptors (Lipinski definition) is 3. The van der Waals surface area contributed by atoms with Crippen LogP contribution in [0.4, 0.5) is 0 Å². The number of sulfonamides is 1. The van der Waals surface area contributed by atoms with Gasteiger partial charge < -0.3 is 5.32 Å². The topological polar surface area (TPSA) is 66.5 Å². The maximum absolute atomic E-state index is 12.7. The number of nitrogens with zero attached hydrogens (tertiary/aromatic N) is 1. The first kappa shape index (κ1) is 19.9. The predicted octanol–water partition coefficient (Wildman–Crippen LogP) is 3.29. The second-order valence-electron chi connectivity index (χ2n) is 5.96. The van der Waals surface area contributed by atoms with Gasteiger partial charge in [0.1, 0.15) is 0 Å². The lowest BCUT2D eigenvalue weighted by Crippen LogP contribution is -2.31. The van der Waals surface area contributed by atoms with E-state index in [1.807, 2.05) is 0 Å². The van der Waals surface area contributed by atoms with Crippen LogP contribution in [0.1, 0.15) is 31.2 Å². The normalized spacial score (nSPS) is 16.5. The van der Waals surface area contributed by atoms with E-state index in [-0.39, 0.29) is 5.91 Å². The molecule has 1 heterocycles. The van der Waals surface area contributed by atoms with Crippen LogP contribution < -0.4 is 5.32 Å². The molecule has 1 aromatic rings. The summed E-state index contributed by atoms with van der Waals surface area (Å²) in [7, 11) is -3.44. The van der Waals surface area contributed by atoms with Gasteiger partial charge in [-0.05, 0) is 36.6 Å². The molecule has 0 saturated carbocycles. The smallest absolute Gasteiger partial charge is 0.244 e. The van der Waals surface area contributed by atoms with E-state index in [4.69, 9.17) is 0 Å². The molecule has 1 aliphatic rings. The fraction of sp³-hybridized carbons (Fsp3) is 0.389. The Labute approximate surface area is 158 Å². The third-order valence-corrected chi connectivity index (χ3v) is 6.16. The molecule has 25 heavy (non-hydrogen) atoms. The summed E-state index contributed by atoms with van der Waals surface area (Å²) >= 11 is 3.17. The summed E-state index contributed by atoms with van der Waals surface area (Å²) in [5.74, 6) is -0.234. The molecule has 0 radical (unpaired) electrons. The molecule has 7 heteroatoms. The van der Waals surface area contributed by atoms with Crippen molar-refractivity contribution in [2.45, 2.75) is 30.6 Å². The zero-order valence-corrected chi connectivity index (χ0v) is 16.5. The van der Waals surface area contributed by atoms with E-state index in [2.05, 4.69) is 27.8 Å². The zero-order valence-electron chi connectivity index (χ0n) is 14.1. The van der Waals surface area contributed by atoms with E-state index in [0.29, 0.717) is 29.0 Å². The molecular formula is C18H23BrN2O3S. The molecule has 0 bridgehead atoms. The van der Waals surface area contributed by atoms with Crippen molar-refractivity contribution < 1.29 is 13.2 Å². The molecule has 0 aromatic heterocycles. The van der Waals surface area contributed by atoms with Gasteiger partial charge in [0.25, 0.3) is 0 Å². The minimum Gasteiger partial charge on any atom is -0.348 e. The third kappa shape index (κ3) is 6.09. The summed E-state index contributed by atoms with van der Waals surface area (Å²) in [6.07, 6.45) is 7.05. The molecule has 0 unspecified atom stereocenters. The van der Waals surface area contributed by atoms with Gasteiger partial charge >= 0.3 is 0 Å². The monoisotopic (exact) mass is 426 g/mol. The predicted molar refractivity (Wildman–Crippen MR) is 104 cm³/mol. The van der Waals surface area contributed by atoms with Crippen molar-refractivity contribution in [1.29, 1.82) is 0 Å². The minimum atomic E-state index is -3.44. The van der Waals surface area contributed by atoms with Crippen molar-refractivity contribution in [3.05, 3.63) is 47.0 Å². The summed E-state index contributed by atoms with van der Waals surface area (Å²) in [5.41, 5.74) is 0.766. The Hall–Kier alpha value is -1.44. The lowest BCUT2D eigenvalue weighted by atomic mass is 10.2. The molecule has 0 spiro atoms. The maximum Gasteiger partial charge on any atom is 0.244 e. The third-order valence-electron chi connectivity index (χ3n) is 3.96. The fourth-order valence-electron chi connectivity index (χ4n) is 2.60. The quantitative estimate of drug-likeness (QED) is 0.709. The van der Waals surface area contributed by atoms with E-state index in [1.54, 1.807) is 34.6 Å². The summed E-state index contributed by atoms with van der Waals surface area (Å²) in [5, 5.41) is 2.66. The molecule has 0 aliphatic carbocycles.